The smallest absolute Gasteiger partial charge is 0.316 e. The summed E-state index contributed by atoms with van der Waals surface area (Å²) in [6, 6.07) is 6.18. The number of phenols is 1. The molecule has 0 spiro atoms. The van der Waals surface area contributed by atoms with Gasteiger partial charge in [0.15, 0.2) is 0 Å². The highest BCUT2D eigenvalue weighted by atomic mass is 16.6. The number of aliphatic hydroxyl groups is 1. The first-order chi connectivity index (χ1) is 10.9. The number of fused-ring (bicyclic) bond motifs is 2. The van der Waals surface area contributed by atoms with Crippen molar-refractivity contribution in [1.82, 2.24) is 0 Å². The van der Waals surface area contributed by atoms with Crippen LogP contribution in [0.25, 0.3) is 0 Å². The quantitative estimate of drug-likeness (QED) is 0.500. The van der Waals surface area contributed by atoms with E-state index in [9.17, 15) is 20.2 Å². The average molecular weight is 321 g/mol. The molecule has 0 aromatic heterocycles. The maximum absolute atomic E-state index is 12.5. The van der Waals surface area contributed by atoms with E-state index >= 15 is 0 Å². The minimum absolute atomic E-state index is 0.00722. The summed E-state index contributed by atoms with van der Waals surface area (Å²) in [5, 5.41) is 31.3. The Hall–Kier alpha value is -1.63. The number of esters is 1. The molecule has 0 radical (unpaired) electrons. The first-order valence-electron chi connectivity index (χ1n) is 8.09. The Morgan fingerprint density at radius 2 is 1.87 bits per heavy atom. The molecular weight excluding hydrogens is 298 g/mol. The minimum atomic E-state index is -0.761. The molecule has 2 aliphatic rings. The first kappa shape index (κ1) is 16.2. The van der Waals surface area contributed by atoms with E-state index in [2.05, 4.69) is 0 Å². The Morgan fingerprint density at radius 1 is 1.30 bits per heavy atom. The molecule has 2 heterocycles. The first-order valence-corrected chi connectivity index (χ1v) is 8.09. The molecule has 126 valence electrons. The summed E-state index contributed by atoms with van der Waals surface area (Å²) in [5.41, 5.74) is 0.610. The molecule has 2 saturated heterocycles. The van der Waals surface area contributed by atoms with Gasteiger partial charge in [-0.15, -0.1) is 0 Å². The normalized spacial score (nSPS) is 34.1. The van der Waals surface area contributed by atoms with Crippen LogP contribution >= 0.6 is 0 Å². The van der Waals surface area contributed by atoms with E-state index in [0.29, 0.717) is 18.4 Å². The SMILES string of the molecule is C[N+]1([O-])[C@@H]2CC[C@H]1CC(OC(=O)C(CO)c1ccc(O)cc1)C2. The maximum atomic E-state index is 12.5. The minimum Gasteiger partial charge on any atom is -0.633 e. The molecule has 5 atom stereocenters. The molecule has 0 aliphatic carbocycles. The molecule has 3 rings (SSSR count). The summed E-state index contributed by atoms with van der Waals surface area (Å²) in [5.74, 6) is -1.12. The molecule has 2 bridgehead atoms. The molecule has 2 aliphatic heterocycles. The number of piperidine rings is 1. The van der Waals surface area contributed by atoms with Crippen LogP contribution in [0.3, 0.4) is 0 Å². The summed E-state index contributed by atoms with van der Waals surface area (Å²) < 4.78 is 5.38. The Kier molecular flexibility index (Phi) is 4.31. The van der Waals surface area contributed by atoms with E-state index in [4.69, 9.17) is 4.74 Å². The number of aliphatic hydroxyl groups excluding tert-OH is 1. The van der Waals surface area contributed by atoms with E-state index in [1.807, 2.05) is 0 Å². The van der Waals surface area contributed by atoms with Crippen LogP contribution in [0.5, 0.6) is 5.75 Å². The van der Waals surface area contributed by atoms with E-state index in [0.717, 1.165) is 12.8 Å². The van der Waals surface area contributed by atoms with E-state index in [1.54, 1.807) is 19.2 Å². The average Bonchev–Trinajstić information content (AvgIpc) is 2.67. The standard InChI is InChI=1S/C17H23NO5/c1-18(22)12-4-5-13(18)9-15(8-12)23-17(21)16(10-19)11-2-6-14(20)7-3-11/h2-3,6-7,12-13,15-16,19-20H,4-5,8-10H2,1H3/t12-,13+,15?,16?,18?. The number of carbonyl (C=O) groups excluding carboxylic acids is 1. The molecule has 1 aromatic rings. The van der Waals surface area contributed by atoms with E-state index in [-0.39, 0.29) is 35.2 Å². The highest BCUT2D eigenvalue weighted by Gasteiger charge is 2.48. The lowest BCUT2D eigenvalue weighted by Gasteiger charge is -2.50. The van der Waals surface area contributed by atoms with Crippen LogP contribution in [0.2, 0.25) is 0 Å². The van der Waals surface area contributed by atoms with Crippen LogP contribution < -0.4 is 0 Å². The number of phenolic OH excluding ortho intramolecular Hbond substituents is 1. The predicted octanol–water partition coefficient (Wildman–Crippen LogP) is 1.65. The molecule has 6 nitrogen and oxygen atoms in total. The zero-order valence-electron chi connectivity index (χ0n) is 13.2. The Balaban J connectivity index is 1.66. The van der Waals surface area contributed by atoms with Crippen LogP contribution in [-0.4, -0.2) is 52.7 Å². The largest absolute Gasteiger partial charge is 0.633 e. The fourth-order valence-corrected chi connectivity index (χ4v) is 3.92. The Morgan fingerprint density at radius 3 is 2.39 bits per heavy atom. The number of ether oxygens (including phenoxy) is 1. The van der Waals surface area contributed by atoms with Crippen LogP contribution in [0.4, 0.5) is 0 Å². The van der Waals surface area contributed by atoms with Crippen LogP contribution in [0.15, 0.2) is 24.3 Å². The third-order valence-corrected chi connectivity index (χ3v) is 5.40. The lowest BCUT2D eigenvalue weighted by molar-refractivity contribution is -0.903. The molecule has 2 N–H and O–H groups in total. The lowest BCUT2D eigenvalue weighted by atomic mass is 9.98. The van der Waals surface area contributed by atoms with Crippen LogP contribution in [-0.2, 0) is 9.53 Å². The van der Waals surface area contributed by atoms with E-state index in [1.165, 1.54) is 12.1 Å². The van der Waals surface area contributed by atoms with Crippen molar-refractivity contribution in [1.29, 1.82) is 0 Å². The second-order valence-electron chi connectivity index (χ2n) is 6.80. The number of carbonyl (C=O) groups is 1. The monoisotopic (exact) mass is 321 g/mol. The zero-order chi connectivity index (χ0) is 16.6. The number of hydrogen-bond donors (Lipinski definition) is 2. The molecular formula is C17H23NO5. The van der Waals surface area contributed by atoms with Gasteiger partial charge in [0.1, 0.15) is 17.8 Å². The third kappa shape index (κ3) is 3.06. The highest BCUT2D eigenvalue weighted by molar-refractivity contribution is 5.78. The van der Waals surface area contributed by atoms with Crippen molar-refractivity contribution in [2.24, 2.45) is 0 Å². The van der Waals surface area contributed by atoms with Gasteiger partial charge in [0.05, 0.1) is 25.7 Å². The van der Waals surface area contributed by atoms with Gasteiger partial charge in [-0.05, 0) is 17.7 Å². The number of benzene rings is 1. The number of nitrogens with zero attached hydrogens (tertiary/aromatic N) is 1. The summed E-state index contributed by atoms with van der Waals surface area (Å²) in [6.45, 7) is -0.349. The van der Waals surface area contributed by atoms with Crippen molar-refractivity contribution in [2.75, 3.05) is 13.7 Å². The van der Waals surface area contributed by atoms with Gasteiger partial charge in [0, 0.05) is 25.7 Å². The molecule has 23 heavy (non-hydrogen) atoms. The number of rotatable bonds is 4. The van der Waals surface area contributed by atoms with Gasteiger partial charge in [-0.25, -0.2) is 0 Å². The molecule has 6 heteroatoms. The molecule has 0 amide bonds. The summed E-state index contributed by atoms with van der Waals surface area (Å²) in [6.07, 6.45) is 2.72. The van der Waals surface area contributed by atoms with Gasteiger partial charge in [-0.3, -0.25) is 4.79 Å². The third-order valence-electron chi connectivity index (χ3n) is 5.40. The molecule has 0 saturated carbocycles. The van der Waals surface area contributed by atoms with Gasteiger partial charge in [0.25, 0.3) is 0 Å². The second kappa shape index (κ2) is 6.11. The van der Waals surface area contributed by atoms with Gasteiger partial charge in [-0.1, -0.05) is 12.1 Å². The summed E-state index contributed by atoms with van der Waals surface area (Å²) in [4.78, 5) is 12.4. The van der Waals surface area contributed by atoms with Gasteiger partial charge < -0.3 is 24.8 Å². The molecule has 3 unspecified atom stereocenters. The summed E-state index contributed by atoms with van der Waals surface area (Å²) >= 11 is 0. The Bertz CT molecular complexity index is 555. The van der Waals surface area contributed by atoms with Crippen LogP contribution in [0.1, 0.15) is 37.2 Å². The molecule has 2 fully saturated rings. The fourth-order valence-electron chi connectivity index (χ4n) is 3.92. The Labute approximate surface area is 135 Å². The number of quaternary nitrogens is 1. The van der Waals surface area contributed by atoms with Gasteiger partial charge in [0.2, 0.25) is 0 Å². The van der Waals surface area contributed by atoms with Crippen molar-refractivity contribution in [3.63, 3.8) is 0 Å². The van der Waals surface area contributed by atoms with E-state index < -0.39 is 11.9 Å². The van der Waals surface area contributed by atoms with Gasteiger partial charge in [-0.2, -0.15) is 0 Å². The summed E-state index contributed by atoms with van der Waals surface area (Å²) in [7, 11) is 1.72. The maximum Gasteiger partial charge on any atom is 0.316 e. The van der Waals surface area contributed by atoms with Gasteiger partial charge >= 0.3 is 5.97 Å². The predicted molar refractivity (Wildman–Crippen MR) is 83.4 cm³/mol. The highest BCUT2D eigenvalue weighted by Crippen LogP contribution is 2.41. The second-order valence-corrected chi connectivity index (χ2v) is 6.80. The molecule has 1 aromatic carbocycles. The number of hydroxylamine groups is 3. The van der Waals surface area contributed by atoms with Crippen molar-refractivity contribution in [2.45, 2.75) is 49.8 Å². The van der Waals surface area contributed by atoms with Crippen molar-refractivity contribution >= 4 is 5.97 Å². The number of aromatic hydroxyl groups is 1. The van der Waals surface area contributed by atoms with Crippen molar-refractivity contribution in [3.8, 4) is 5.75 Å². The van der Waals surface area contributed by atoms with Crippen molar-refractivity contribution in [3.05, 3.63) is 35.0 Å². The fraction of sp³-hybridized carbons (Fsp3) is 0.588. The zero-order valence-corrected chi connectivity index (χ0v) is 13.2. The topological polar surface area (TPSA) is 89.8 Å². The van der Waals surface area contributed by atoms with Crippen molar-refractivity contribution < 1.29 is 24.4 Å². The van der Waals surface area contributed by atoms with Crippen LogP contribution in [0, 0.1) is 5.21 Å². The number of hydrogen-bond acceptors (Lipinski definition) is 5. The lowest BCUT2D eigenvalue weighted by Crippen LogP contribution is -2.55.